The van der Waals surface area contributed by atoms with Crippen LogP contribution in [0.4, 0.5) is 0 Å². The van der Waals surface area contributed by atoms with Crippen LogP contribution in [0.2, 0.25) is 0 Å². The first-order chi connectivity index (χ1) is 25.1. The minimum Gasteiger partial charge on any atom is -0.374 e. The van der Waals surface area contributed by atoms with E-state index < -0.39 is 29.5 Å². The van der Waals surface area contributed by atoms with Crippen LogP contribution in [-0.4, -0.2) is 41.8 Å². The fourth-order valence-electron chi connectivity index (χ4n) is 6.88. The SMILES string of the molecule is CS[C@@]1(n2cc(C)c3ccccc32)O[C@H](COCc2ccccc2)[C@@H](OCc2ccccc2)[C@H](OCc2ccccc2)[C@H]1OCc1ccccc1. The zero-order valence-electron chi connectivity index (χ0n) is 29.2. The smallest absolute Gasteiger partial charge is 0.223 e. The Labute approximate surface area is 305 Å². The molecule has 0 unspecified atom stereocenters. The monoisotopic (exact) mass is 699 g/mol. The lowest BCUT2D eigenvalue weighted by atomic mass is 9.96. The van der Waals surface area contributed by atoms with E-state index in [4.69, 9.17) is 23.7 Å². The molecule has 51 heavy (non-hydrogen) atoms. The number of ether oxygens (including phenoxy) is 5. The van der Waals surface area contributed by atoms with Crippen LogP contribution >= 0.6 is 11.8 Å². The quantitative estimate of drug-likeness (QED) is 0.107. The Bertz CT molecular complexity index is 1940. The lowest BCUT2D eigenvalue weighted by Crippen LogP contribution is -2.66. The number of nitrogens with zero attached hydrogens (tertiary/aromatic N) is 1. The maximum absolute atomic E-state index is 7.42. The first kappa shape index (κ1) is 35.2. The summed E-state index contributed by atoms with van der Waals surface area (Å²) in [6, 6.07) is 49.5. The Kier molecular flexibility index (Phi) is 11.6. The largest absolute Gasteiger partial charge is 0.374 e. The fraction of sp³-hybridized carbons (Fsp3) is 0.273. The number of para-hydroxylation sites is 1. The average Bonchev–Trinajstić information content (AvgIpc) is 3.53. The number of thioether (sulfide) groups is 1. The summed E-state index contributed by atoms with van der Waals surface area (Å²) in [7, 11) is 0. The first-order valence-electron chi connectivity index (χ1n) is 17.5. The van der Waals surface area contributed by atoms with Crippen LogP contribution in [0.5, 0.6) is 0 Å². The molecular formula is C44H45NO5S. The Morgan fingerprint density at radius 1 is 0.588 bits per heavy atom. The summed E-state index contributed by atoms with van der Waals surface area (Å²) in [5.74, 6) is 0. The number of aromatic nitrogens is 1. The van der Waals surface area contributed by atoms with Gasteiger partial charge in [0.2, 0.25) is 5.06 Å². The molecular weight excluding hydrogens is 655 g/mol. The van der Waals surface area contributed by atoms with Crippen molar-refractivity contribution in [3.05, 3.63) is 180 Å². The molecule has 5 aromatic carbocycles. The molecule has 7 rings (SSSR count). The van der Waals surface area contributed by atoms with Gasteiger partial charge in [0.1, 0.15) is 24.4 Å². The molecule has 0 N–H and O–H groups in total. The summed E-state index contributed by atoms with van der Waals surface area (Å²) >= 11 is 1.62. The Hall–Kier alpha value is -4.21. The predicted octanol–water partition coefficient (Wildman–Crippen LogP) is 9.29. The summed E-state index contributed by atoms with van der Waals surface area (Å²) in [5, 5.41) is 0.134. The Morgan fingerprint density at radius 3 is 1.61 bits per heavy atom. The molecule has 6 aromatic rings. The minimum atomic E-state index is -1.03. The minimum absolute atomic E-state index is 0.297. The first-order valence-corrected chi connectivity index (χ1v) is 18.8. The van der Waals surface area contributed by atoms with Crippen molar-refractivity contribution in [3.63, 3.8) is 0 Å². The van der Waals surface area contributed by atoms with Crippen LogP contribution in [0.1, 0.15) is 27.8 Å². The van der Waals surface area contributed by atoms with Crippen molar-refractivity contribution in [1.29, 1.82) is 0 Å². The molecule has 1 saturated heterocycles. The number of hydrogen-bond acceptors (Lipinski definition) is 6. The van der Waals surface area contributed by atoms with Crippen LogP contribution in [-0.2, 0) is 55.2 Å². The van der Waals surface area contributed by atoms with Crippen molar-refractivity contribution in [2.45, 2.75) is 62.8 Å². The van der Waals surface area contributed by atoms with E-state index in [2.05, 4.69) is 96.7 Å². The van der Waals surface area contributed by atoms with E-state index >= 15 is 0 Å². The molecule has 2 heterocycles. The lowest BCUT2D eigenvalue weighted by molar-refractivity contribution is -0.302. The van der Waals surface area contributed by atoms with Gasteiger partial charge in [-0.25, -0.2) is 0 Å². The molecule has 0 bridgehead atoms. The molecule has 0 amide bonds. The topological polar surface area (TPSA) is 51.1 Å². The molecule has 0 radical (unpaired) electrons. The van der Waals surface area contributed by atoms with Crippen LogP contribution in [0, 0.1) is 6.92 Å². The molecule has 1 aliphatic rings. The van der Waals surface area contributed by atoms with Crippen LogP contribution in [0.15, 0.2) is 152 Å². The molecule has 0 aliphatic carbocycles. The van der Waals surface area contributed by atoms with E-state index in [1.165, 1.54) is 0 Å². The molecule has 7 heteroatoms. The normalized spacial score (nSPS) is 21.9. The second-order valence-corrected chi connectivity index (χ2v) is 13.9. The Balaban J connectivity index is 1.33. The van der Waals surface area contributed by atoms with Crippen LogP contribution in [0.25, 0.3) is 10.9 Å². The van der Waals surface area contributed by atoms with Crippen molar-refractivity contribution in [2.24, 2.45) is 0 Å². The Morgan fingerprint density at radius 2 is 1.06 bits per heavy atom. The van der Waals surface area contributed by atoms with Gasteiger partial charge in [-0.2, -0.15) is 0 Å². The summed E-state index contributed by atoms with van der Waals surface area (Å²) < 4.78 is 37.2. The van der Waals surface area contributed by atoms with Crippen molar-refractivity contribution in [1.82, 2.24) is 4.57 Å². The lowest BCUT2D eigenvalue weighted by Gasteiger charge is -2.52. The maximum Gasteiger partial charge on any atom is 0.223 e. The van der Waals surface area contributed by atoms with Gasteiger partial charge in [-0.05, 0) is 47.1 Å². The number of benzene rings is 5. The summed E-state index contributed by atoms with van der Waals surface area (Å²) in [6.07, 6.45) is 2.13. The van der Waals surface area contributed by atoms with E-state index in [0.717, 1.165) is 38.7 Å². The third kappa shape index (κ3) is 8.15. The number of fused-ring (bicyclic) bond motifs is 1. The predicted molar refractivity (Wildman–Crippen MR) is 204 cm³/mol. The summed E-state index contributed by atoms with van der Waals surface area (Å²) in [5.41, 5.74) is 6.52. The zero-order chi connectivity index (χ0) is 34.9. The van der Waals surface area contributed by atoms with Gasteiger partial charge >= 0.3 is 0 Å². The second kappa shape index (κ2) is 16.9. The average molecular weight is 700 g/mol. The van der Waals surface area contributed by atoms with Crippen molar-refractivity contribution >= 4 is 22.7 Å². The molecule has 1 fully saturated rings. The van der Waals surface area contributed by atoms with Crippen molar-refractivity contribution < 1.29 is 23.7 Å². The highest BCUT2D eigenvalue weighted by Crippen LogP contribution is 2.48. The molecule has 1 aromatic heterocycles. The van der Waals surface area contributed by atoms with Crippen molar-refractivity contribution in [3.8, 4) is 0 Å². The van der Waals surface area contributed by atoms with Crippen LogP contribution < -0.4 is 0 Å². The highest BCUT2D eigenvalue weighted by molar-refractivity contribution is 7.99. The number of hydrogen-bond donors (Lipinski definition) is 0. The van der Waals surface area contributed by atoms with Crippen LogP contribution in [0.3, 0.4) is 0 Å². The highest BCUT2D eigenvalue weighted by atomic mass is 32.2. The molecule has 5 atom stereocenters. The second-order valence-electron chi connectivity index (χ2n) is 12.9. The standard InChI is InChI=1S/C44H45NO5S/c1-33-27-45(39-26-16-15-25-38(33)39)44(51-2)43(49-31-37-23-13-6-14-24-37)42(48-30-36-21-11-5-12-22-36)41(47-29-35-19-9-4-10-20-35)40(50-44)32-46-28-34-17-7-3-8-18-34/h3-27,40-43H,28-32H2,1-2H3/t40-,41-,42+,43-,44+/m1/s1. The molecule has 0 saturated carbocycles. The summed E-state index contributed by atoms with van der Waals surface area (Å²) in [4.78, 5) is 0. The van der Waals surface area contributed by atoms with Gasteiger partial charge in [-0.3, -0.25) is 0 Å². The third-order valence-corrected chi connectivity index (χ3v) is 10.6. The van der Waals surface area contributed by atoms with Gasteiger partial charge in [0.05, 0.1) is 38.6 Å². The van der Waals surface area contributed by atoms with Crippen molar-refractivity contribution in [2.75, 3.05) is 12.9 Å². The molecule has 262 valence electrons. The van der Waals surface area contributed by atoms with Gasteiger partial charge in [-0.1, -0.05) is 140 Å². The van der Waals surface area contributed by atoms with E-state index in [9.17, 15) is 0 Å². The number of aryl methyl sites for hydroxylation is 1. The van der Waals surface area contributed by atoms with Gasteiger partial charge in [0, 0.05) is 11.6 Å². The van der Waals surface area contributed by atoms with E-state index in [1.54, 1.807) is 11.8 Å². The highest BCUT2D eigenvalue weighted by Gasteiger charge is 2.58. The van der Waals surface area contributed by atoms with Gasteiger partial charge in [0.25, 0.3) is 0 Å². The van der Waals surface area contributed by atoms with Gasteiger partial charge in [0.15, 0.2) is 0 Å². The molecule has 1 aliphatic heterocycles. The molecule has 0 spiro atoms. The summed E-state index contributed by atoms with van der Waals surface area (Å²) in [6.45, 7) is 4.04. The fourth-order valence-corrected chi connectivity index (χ4v) is 7.88. The van der Waals surface area contributed by atoms with Gasteiger partial charge in [-0.15, -0.1) is 11.8 Å². The maximum atomic E-state index is 7.42. The third-order valence-electron chi connectivity index (χ3n) is 9.44. The van der Waals surface area contributed by atoms with E-state index in [1.807, 2.05) is 72.8 Å². The number of rotatable bonds is 15. The molecule has 6 nitrogen and oxygen atoms in total. The van der Waals surface area contributed by atoms with E-state index in [0.29, 0.717) is 33.0 Å². The van der Waals surface area contributed by atoms with Gasteiger partial charge < -0.3 is 28.3 Å². The van der Waals surface area contributed by atoms with E-state index in [-0.39, 0.29) is 0 Å². The zero-order valence-corrected chi connectivity index (χ0v) is 30.0.